The zero-order chi connectivity index (χ0) is 22.0. The molecule has 2 aromatic carbocycles. The van der Waals surface area contributed by atoms with Gasteiger partial charge in [0.1, 0.15) is 5.75 Å². The summed E-state index contributed by atoms with van der Waals surface area (Å²) in [5.74, 6) is -0.0317. The fourth-order valence-electron chi connectivity index (χ4n) is 2.11. The molecule has 158 valence electrons. The molecule has 0 heterocycles. The Hall–Kier alpha value is -2.32. The molecule has 1 unspecified atom stereocenters. The number of carbonyl (C=O) groups excluding carboxylic acids is 1. The van der Waals surface area contributed by atoms with E-state index < -0.39 is 15.9 Å². The van der Waals surface area contributed by atoms with E-state index in [9.17, 15) is 4.79 Å². The van der Waals surface area contributed by atoms with Gasteiger partial charge in [-0.3, -0.25) is 10.2 Å². The lowest BCUT2D eigenvalue weighted by atomic mass is 10.2. The van der Waals surface area contributed by atoms with Crippen LogP contribution in [0.25, 0.3) is 0 Å². The number of hydrogen-bond donors (Lipinski definition) is 3. The highest BCUT2D eigenvalue weighted by molar-refractivity contribution is 7.80. The first-order chi connectivity index (χ1) is 14.3. The lowest BCUT2D eigenvalue weighted by molar-refractivity contribution is 0.0833. The predicted octanol–water partition coefficient (Wildman–Crippen LogP) is 4.18. The fourth-order valence-corrected chi connectivity index (χ4v) is 2.54. The van der Waals surface area contributed by atoms with Crippen molar-refractivity contribution in [3.05, 3.63) is 78.4 Å². The van der Waals surface area contributed by atoms with Gasteiger partial charge in [-0.15, -0.1) is 6.58 Å². The van der Waals surface area contributed by atoms with E-state index in [1.807, 2.05) is 0 Å². The Balaban J connectivity index is 1.99. The molecular weight excluding hydrogens is 467 g/mol. The molecule has 0 aliphatic heterocycles. The van der Waals surface area contributed by atoms with Gasteiger partial charge in [0.25, 0.3) is 5.91 Å². The first-order valence-electron chi connectivity index (χ1n) is 8.66. The molecule has 6 nitrogen and oxygen atoms in total. The first kappa shape index (κ1) is 24.0. The van der Waals surface area contributed by atoms with Gasteiger partial charge in [-0.1, -0.05) is 59.1 Å². The molecule has 0 bridgehead atoms. The van der Waals surface area contributed by atoms with Gasteiger partial charge in [-0.05, 0) is 54.2 Å². The maximum atomic E-state index is 12.4. The van der Waals surface area contributed by atoms with Crippen molar-refractivity contribution in [3.8, 4) is 5.75 Å². The number of amides is 1. The van der Waals surface area contributed by atoms with E-state index >= 15 is 0 Å². The molecule has 0 aromatic heterocycles. The van der Waals surface area contributed by atoms with Gasteiger partial charge in [0.2, 0.25) is 10.0 Å². The Labute approximate surface area is 195 Å². The number of hydrazone groups is 1. The molecule has 0 saturated carbocycles. The number of rotatable bonds is 8. The summed E-state index contributed by atoms with van der Waals surface area (Å²) in [6.07, 6.45) is 2.06. The topological polar surface area (TPSA) is 74.8 Å². The zero-order valence-electron chi connectivity index (χ0n) is 15.6. The van der Waals surface area contributed by atoms with Crippen LogP contribution in [-0.2, 0) is 0 Å². The second-order valence-electron chi connectivity index (χ2n) is 5.82. The molecule has 1 atom stereocenters. The fraction of sp³-hybridized carbons (Fsp3) is 0.150. The van der Waals surface area contributed by atoms with Crippen LogP contribution in [0.2, 0.25) is 0 Å². The lowest BCUT2D eigenvalue weighted by Gasteiger charge is -2.26. The van der Waals surface area contributed by atoms with Crippen molar-refractivity contribution in [2.75, 3.05) is 6.54 Å². The molecule has 0 aliphatic rings. The SMILES string of the molecule is C=CCNC(=S)N/N=C/c1ccc(OC(NC(=O)c2ccccc2)C(Cl)(Cl)Cl)cc1. The van der Waals surface area contributed by atoms with Gasteiger partial charge in [-0.2, -0.15) is 5.10 Å². The van der Waals surface area contributed by atoms with E-state index in [0.29, 0.717) is 23.0 Å². The van der Waals surface area contributed by atoms with Crippen LogP contribution in [0.15, 0.2) is 72.4 Å². The number of carbonyl (C=O) groups is 1. The predicted molar refractivity (Wildman–Crippen MR) is 127 cm³/mol. The average molecular weight is 486 g/mol. The smallest absolute Gasteiger partial charge is 0.254 e. The van der Waals surface area contributed by atoms with Crippen LogP contribution in [0.1, 0.15) is 15.9 Å². The van der Waals surface area contributed by atoms with Gasteiger partial charge in [0.05, 0.1) is 6.21 Å². The lowest BCUT2D eigenvalue weighted by Crippen LogP contribution is -2.47. The number of nitrogens with one attached hydrogen (secondary N) is 3. The first-order valence-corrected chi connectivity index (χ1v) is 10.2. The van der Waals surface area contributed by atoms with Crippen molar-refractivity contribution in [1.29, 1.82) is 0 Å². The van der Waals surface area contributed by atoms with Crippen LogP contribution in [-0.4, -0.2) is 33.8 Å². The molecule has 1 amide bonds. The largest absolute Gasteiger partial charge is 0.466 e. The molecule has 0 saturated heterocycles. The van der Waals surface area contributed by atoms with Crippen molar-refractivity contribution < 1.29 is 9.53 Å². The van der Waals surface area contributed by atoms with E-state index in [4.69, 9.17) is 51.8 Å². The highest BCUT2D eigenvalue weighted by atomic mass is 35.6. The monoisotopic (exact) mass is 484 g/mol. The summed E-state index contributed by atoms with van der Waals surface area (Å²) < 4.78 is 3.80. The molecule has 30 heavy (non-hydrogen) atoms. The summed E-state index contributed by atoms with van der Waals surface area (Å²) in [7, 11) is 0. The molecule has 3 N–H and O–H groups in total. The van der Waals surface area contributed by atoms with Gasteiger partial charge in [0, 0.05) is 12.1 Å². The molecule has 0 spiro atoms. The number of alkyl halides is 3. The van der Waals surface area contributed by atoms with Crippen LogP contribution in [0.4, 0.5) is 0 Å². The van der Waals surface area contributed by atoms with E-state index in [2.05, 4.69) is 27.7 Å². The maximum Gasteiger partial charge on any atom is 0.254 e. The van der Waals surface area contributed by atoms with Crippen molar-refractivity contribution >= 4 is 64.3 Å². The highest BCUT2D eigenvalue weighted by Gasteiger charge is 2.36. The average Bonchev–Trinajstić information content (AvgIpc) is 2.73. The number of halogens is 3. The standard InChI is InChI=1S/C20H19Cl3N4O2S/c1-2-12-24-19(30)27-25-13-14-8-10-16(11-9-14)29-18(20(21,22)23)26-17(28)15-6-4-3-5-7-15/h2-11,13,18H,1,12H2,(H,26,28)(H2,24,27,30)/b25-13+. The van der Waals surface area contributed by atoms with Gasteiger partial charge >= 0.3 is 0 Å². The molecule has 0 radical (unpaired) electrons. The van der Waals surface area contributed by atoms with Crippen molar-refractivity contribution in [3.63, 3.8) is 0 Å². The Bertz CT molecular complexity index is 887. The normalized spacial score (nSPS) is 12.1. The third-order valence-corrected chi connectivity index (χ3v) is 4.35. The van der Waals surface area contributed by atoms with Crippen molar-refractivity contribution in [1.82, 2.24) is 16.1 Å². The molecule has 0 aliphatic carbocycles. The van der Waals surface area contributed by atoms with Gasteiger partial charge in [-0.25, -0.2) is 0 Å². The molecule has 2 aromatic rings. The summed E-state index contributed by atoms with van der Waals surface area (Å²) in [6.45, 7) is 4.13. The summed E-state index contributed by atoms with van der Waals surface area (Å²) in [5.41, 5.74) is 3.88. The van der Waals surface area contributed by atoms with Gasteiger partial charge < -0.3 is 15.4 Å². The summed E-state index contributed by atoms with van der Waals surface area (Å²) in [5, 5.41) is 9.87. The van der Waals surface area contributed by atoms with Crippen LogP contribution in [0.3, 0.4) is 0 Å². The second kappa shape index (κ2) is 11.8. The summed E-state index contributed by atoms with van der Waals surface area (Å²) in [4.78, 5) is 12.4. The Morgan fingerprint density at radius 2 is 1.83 bits per heavy atom. The number of hydrogen-bond acceptors (Lipinski definition) is 4. The second-order valence-corrected chi connectivity index (χ2v) is 8.59. The molecule has 0 fully saturated rings. The summed E-state index contributed by atoms with van der Waals surface area (Å²) in [6, 6.07) is 15.4. The van der Waals surface area contributed by atoms with E-state index in [0.717, 1.165) is 5.56 Å². The zero-order valence-corrected chi connectivity index (χ0v) is 18.7. The van der Waals surface area contributed by atoms with Crippen molar-refractivity contribution in [2.45, 2.75) is 10.0 Å². The Morgan fingerprint density at radius 3 is 2.43 bits per heavy atom. The number of ether oxygens (including phenoxy) is 1. The van der Waals surface area contributed by atoms with Gasteiger partial charge in [0.15, 0.2) is 5.11 Å². The van der Waals surface area contributed by atoms with E-state index in [-0.39, 0.29) is 0 Å². The quantitative estimate of drug-likeness (QED) is 0.131. The molecular formula is C20H19Cl3N4O2S. The highest BCUT2D eigenvalue weighted by Crippen LogP contribution is 2.32. The minimum atomic E-state index is -1.89. The summed E-state index contributed by atoms with van der Waals surface area (Å²) >= 11 is 23.0. The van der Waals surface area contributed by atoms with Crippen LogP contribution < -0.4 is 20.8 Å². The third-order valence-electron chi connectivity index (χ3n) is 3.52. The van der Waals surface area contributed by atoms with Crippen LogP contribution in [0.5, 0.6) is 5.75 Å². The number of benzene rings is 2. The number of nitrogens with zero attached hydrogens (tertiary/aromatic N) is 1. The maximum absolute atomic E-state index is 12.4. The van der Waals surface area contributed by atoms with Crippen molar-refractivity contribution in [2.24, 2.45) is 5.10 Å². The minimum absolute atomic E-state index is 0.380. The van der Waals surface area contributed by atoms with E-state index in [1.165, 1.54) is 0 Å². The minimum Gasteiger partial charge on any atom is -0.466 e. The van der Waals surface area contributed by atoms with E-state index in [1.54, 1.807) is 66.9 Å². The Kier molecular flexibility index (Phi) is 9.39. The molecule has 2 rings (SSSR count). The Morgan fingerprint density at radius 1 is 1.17 bits per heavy atom. The van der Waals surface area contributed by atoms with Crippen LogP contribution >= 0.6 is 47.0 Å². The molecule has 10 heteroatoms. The van der Waals surface area contributed by atoms with Crippen LogP contribution in [0, 0.1) is 0 Å². The number of thiocarbonyl (C=S) groups is 1. The third kappa shape index (κ3) is 8.20.